The largest absolute Gasteiger partial charge is 0.486 e. The summed E-state index contributed by atoms with van der Waals surface area (Å²) in [4.78, 5) is 15.2. The van der Waals surface area contributed by atoms with Crippen LogP contribution in [-0.2, 0) is 6.67 Å². The van der Waals surface area contributed by atoms with Gasteiger partial charge < -0.3 is 14.0 Å². The Kier molecular flexibility index (Phi) is 5.50. The molecule has 3 heterocycles. The number of aromatic nitrogens is 3. The summed E-state index contributed by atoms with van der Waals surface area (Å²) in [6.45, 7) is 7.65. The number of carbonyl (C=O) groups excluding carboxylic acids is 1. The van der Waals surface area contributed by atoms with E-state index in [-0.39, 0.29) is 11.7 Å². The van der Waals surface area contributed by atoms with Gasteiger partial charge in [0.15, 0.2) is 22.1 Å². The highest BCUT2D eigenvalue weighted by molar-refractivity contribution is 7.71. The van der Waals surface area contributed by atoms with E-state index >= 15 is 0 Å². The number of Topliss-reactive ketones (excluding diaryl/α,β-unsaturated/α-hetero) is 1. The lowest BCUT2D eigenvalue weighted by Crippen LogP contribution is -2.37. The Morgan fingerprint density at radius 3 is 2.61 bits per heavy atom. The number of ether oxygens (including phenoxy) is 2. The standard InChI is InChI=1S/C20H26N4O3S/c1-14(2)23-12-21-24(20(23)28)13-22-7-5-15(6-8-22)19(25)16-3-4-17-18(11-16)27-10-9-26-17/h3-4,11-12,14-15H,5-10,13H2,1-2H3. The zero-order valence-corrected chi connectivity index (χ0v) is 17.2. The zero-order chi connectivity index (χ0) is 19.7. The van der Waals surface area contributed by atoms with E-state index in [9.17, 15) is 4.79 Å². The Balaban J connectivity index is 1.36. The molecular weight excluding hydrogens is 376 g/mol. The lowest BCUT2D eigenvalue weighted by Gasteiger charge is -2.31. The Morgan fingerprint density at radius 1 is 1.21 bits per heavy atom. The van der Waals surface area contributed by atoms with E-state index in [2.05, 4.69) is 23.8 Å². The van der Waals surface area contributed by atoms with Crippen molar-refractivity contribution in [1.29, 1.82) is 0 Å². The summed E-state index contributed by atoms with van der Waals surface area (Å²) in [5.74, 6) is 1.62. The van der Waals surface area contributed by atoms with E-state index in [4.69, 9.17) is 21.7 Å². The average Bonchev–Trinajstić information content (AvgIpc) is 3.08. The number of benzene rings is 1. The van der Waals surface area contributed by atoms with Crippen LogP contribution in [0.25, 0.3) is 0 Å². The lowest BCUT2D eigenvalue weighted by molar-refractivity contribution is 0.0802. The maximum absolute atomic E-state index is 12.9. The van der Waals surface area contributed by atoms with Crippen LogP contribution in [0.15, 0.2) is 24.5 Å². The smallest absolute Gasteiger partial charge is 0.199 e. The molecule has 2 aliphatic heterocycles. The fourth-order valence-electron chi connectivity index (χ4n) is 3.76. The molecule has 1 saturated heterocycles. The van der Waals surface area contributed by atoms with Crippen LogP contribution in [-0.4, -0.2) is 51.3 Å². The van der Waals surface area contributed by atoms with E-state index in [1.54, 1.807) is 6.33 Å². The van der Waals surface area contributed by atoms with Crippen LogP contribution in [0.3, 0.4) is 0 Å². The number of hydrogen-bond donors (Lipinski definition) is 0. The number of nitrogens with zero attached hydrogens (tertiary/aromatic N) is 4. The molecule has 1 aromatic heterocycles. The molecular formula is C20H26N4O3S. The summed E-state index contributed by atoms with van der Waals surface area (Å²) < 4.78 is 15.7. The summed E-state index contributed by atoms with van der Waals surface area (Å²) in [6.07, 6.45) is 3.47. The fraction of sp³-hybridized carbons (Fsp3) is 0.550. The maximum Gasteiger partial charge on any atom is 0.199 e. The predicted molar refractivity (Wildman–Crippen MR) is 107 cm³/mol. The molecule has 7 nitrogen and oxygen atoms in total. The highest BCUT2D eigenvalue weighted by Crippen LogP contribution is 2.32. The molecule has 0 N–H and O–H groups in total. The maximum atomic E-state index is 12.9. The predicted octanol–water partition coefficient (Wildman–Crippen LogP) is 3.32. The first-order valence-electron chi connectivity index (χ1n) is 9.83. The third-order valence-electron chi connectivity index (χ3n) is 5.43. The van der Waals surface area contributed by atoms with Gasteiger partial charge >= 0.3 is 0 Å². The molecule has 4 rings (SSSR count). The molecule has 150 valence electrons. The van der Waals surface area contributed by atoms with Gasteiger partial charge in [0, 0.05) is 30.6 Å². The molecule has 2 aliphatic rings. The van der Waals surface area contributed by atoms with E-state index in [0.29, 0.717) is 37.2 Å². The molecule has 28 heavy (non-hydrogen) atoms. The van der Waals surface area contributed by atoms with Gasteiger partial charge in [0.2, 0.25) is 0 Å². The van der Waals surface area contributed by atoms with Crippen molar-refractivity contribution in [2.75, 3.05) is 26.3 Å². The van der Waals surface area contributed by atoms with Gasteiger partial charge in [-0.3, -0.25) is 9.69 Å². The number of rotatable bonds is 5. The van der Waals surface area contributed by atoms with Crippen molar-refractivity contribution < 1.29 is 14.3 Å². The Labute approximate surface area is 169 Å². The SMILES string of the molecule is CC(C)n1cnn(CN2CCC(C(=O)c3ccc4c(c3)OCCO4)CC2)c1=S. The van der Waals surface area contributed by atoms with Crippen molar-refractivity contribution in [3.63, 3.8) is 0 Å². The van der Waals surface area contributed by atoms with Crippen LogP contribution < -0.4 is 9.47 Å². The molecule has 0 spiro atoms. The molecule has 0 radical (unpaired) electrons. The monoisotopic (exact) mass is 402 g/mol. The topological polar surface area (TPSA) is 61.5 Å². The highest BCUT2D eigenvalue weighted by Gasteiger charge is 2.27. The van der Waals surface area contributed by atoms with Gasteiger partial charge in [0.25, 0.3) is 0 Å². The average molecular weight is 403 g/mol. The van der Waals surface area contributed by atoms with Crippen molar-refractivity contribution in [2.45, 2.75) is 39.4 Å². The van der Waals surface area contributed by atoms with Crippen molar-refractivity contribution >= 4 is 18.0 Å². The lowest BCUT2D eigenvalue weighted by atomic mass is 9.89. The summed E-state index contributed by atoms with van der Waals surface area (Å²) >= 11 is 5.51. The number of hydrogen-bond acceptors (Lipinski definition) is 6. The number of piperidine rings is 1. The first-order valence-corrected chi connectivity index (χ1v) is 10.2. The minimum Gasteiger partial charge on any atom is -0.486 e. The zero-order valence-electron chi connectivity index (χ0n) is 16.3. The van der Waals surface area contributed by atoms with Gasteiger partial charge in [-0.2, -0.15) is 5.10 Å². The van der Waals surface area contributed by atoms with Gasteiger partial charge in [0.05, 0.1) is 6.67 Å². The van der Waals surface area contributed by atoms with Crippen LogP contribution in [0.4, 0.5) is 0 Å². The van der Waals surface area contributed by atoms with Gasteiger partial charge in [-0.15, -0.1) is 0 Å². The molecule has 0 amide bonds. The van der Waals surface area contributed by atoms with Crippen LogP contribution in [0.5, 0.6) is 11.5 Å². The number of carbonyl (C=O) groups is 1. The molecule has 2 aromatic rings. The third kappa shape index (κ3) is 3.84. The normalized spacial score (nSPS) is 17.8. The third-order valence-corrected chi connectivity index (χ3v) is 5.85. The van der Waals surface area contributed by atoms with Crippen molar-refractivity contribution in [1.82, 2.24) is 19.2 Å². The van der Waals surface area contributed by atoms with Crippen LogP contribution in [0.1, 0.15) is 43.1 Å². The van der Waals surface area contributed by atoms with E-state index < -0.39 is 0 Å². The first kappa shape index (κ1) is 19.1. The quantitative estimate of drug-likeness (QED) is 0.565. The minimum atomic E-state index is 0.0417. The summed E-state index contributed by atoms with van der Waals surface area (Å²) in [5.41, 5.74) is 0.709. The Hall–Kier alpha value is -2.19. The molecule has 8 heteroatoms. The van der Waals surface area contributed by atoms with Gasteiger partial charge in [0.1, 0.15) is 19.5 Å². The number of ketones is 1. The molecule has 0 atom stereocenters. The van der Waals surface area contributed by atoms with Gasteiger partial charge in [-0.1, -0.05) is 0 Å². The van der Waals surface area contributed by atoms with E-state index in [0.717, 1.165) is 36.5 Å². The van der Waals surface area contributed by atoms with Gasteiger partial charge in [-0.25, -0.2) is 4.68 Å². The second kappa shape index (κ2) is 8.05. The fourth-order valence-corrected chi connectivity index (χ4v) is 4.12. The number of likely N-dealkylation sites (tertiary alicyclic amines) is 1. The molecule has 0 saturated carbocycles. The van der Waals surface area contributed by atoms with Crippen molar-refractivity contribution in [3.8, 4) is 11.5 Å². The van der Waals surface area contributed by atoms with E-state index in [1.807, 2.05) is 27.4 Å². The van der Waals surface area contributed by atoms with Crippen molar-refractivity contribution in [2.24, 2.45) is 5.92 Å². The highest BCUT2D eigenvalue weighted by atomic mass is 32.1. The second-order valence-corrected chi connectivity index (χ2v) is 8.04. The second-order valence-electron chi connectivity index (χ2n) is 7.67. The Bertz CT molecular complexity index is 912. The van der Waals surface area contributed by atoms with Crippen molar-refractivity contribution in [3.05, 3.63) is 34.9 Å². The molecule has 1 fully saturated rings. The molecule has 1 aromatic carbocycles. The van der Waals surface area contributed by atoms with Crippen LogP contribution in [0, 0.1) is 10.7 Å². The number of fused-ring (bicyclic) bond motifs is 1. The Morgan fingerprint density at radius 2 is 1.93 bits per heavy atom. The van der Waals surface area contributed by atoms with E-state index in [1.165, 1.54) is 0 Å². The molecule has 0 aliphatic carbocycles. The summed E-state index contributed by atoms with van der Waals surface area (Å²) in [7, 11) is 0. The van der Waals surface area contributed by atoms with Crippen LogP contribution >= 0.6 is 12.2 Å². The first-order chi connectivity index (χ1) is 13.5. The van der Waals surface area contributed by atoms with Gasteiger partial charge in [-0.05, 0) is 57.1 Å². The summed E-state index contributed by atoms with van der Waals surface area (Å²) in [6, 6.07) is 5.81. The summed E-state index contributed by atoms with van der Waals surface area (Å²) in [5, 5.41) is 4.41. The minimum absolute atomic E-state index is 0.0417. The molecule has 0 bridgehead atoms. The molecule has 0 unspecified atom stereocenters. The van der Waals surface area contributed by atoms with Crippen LogP contribution in [0.2, 0.25) is 0 Å².